The summed E-state index contributed by atoms with van der Waals surface area (Å²) in [5.41, 5.74) is 6.75. The van der Waals surface area contributed by atoms with Gasteiger partial charge in [0.05, 0.1) is 12.6 Å². The van der Waals surface area contributed by atoms with Gasteiger partial charge < -0.3 is 16.2 Å². The Morgan fingerprint density at radius 2 is 2.19 bits per heavy atom. The van der Waals surface area contributed by atoms with Crippen molar-refractivity contribution >= 4 is 50.6 Å². The number of amidine groups is 1. The van der Waals surface area contributed by atoms with Crippen LogP contribution in [0.25, 0.3) is 0 Å². The molecule has 6 nitrogen and oxygen atoms in total. The van der Waals surface area contributed by atoms with E-state index < -0.39 is 0 Å². The van der Waals surface area contributed by atoms with Gasteiger partial charge in [-0.1, -0.05) is 0 Å². The summed E-state index contributed by atoms with van der Waals surface area (Å²) in [6, 6.07) is 7.40. The standard InChI is InChI=1S/C13H15IN4O2S/c1-7(6-19)16-11(15)10-12(20)18-21-13(10)17-9-4-2-8(14)3-5-9/h2-5,7,17,19H,6H2,1H3,(H2,15,16)(H,18,20). The van der Waals surface area contributed by atoms with Crippen LogP contribution in [0.4, 0.5) is 10.7 Å². The second kappa shape index (κ2) is 7.05. The van der Waals surface area contributed by atoms with E-state index in [4.69, 9.17) is 10.8 Å². The lowest BCUT2D eigenvalue weighted by Crippen LogP contribution is -2.24. The molecule has 21 heavy (non-hydrogen) atoms. The Hall–Kier alpha value is -1.39. The van der Waals surface area contributed by atoms with Gasteiger partial charge in [-0.25, -0.2) is 0 Å². The Balaban J connectivity index is 2.32. The van der Waals surface area contributed by atoms with E-state index in [1.807, 2.05) is 24.3 Å². The Bertz CT molecular complexity index is 693. The first-order chi connectivity index (χ1) is 10.0. The highest BCUT2D eigenvalue weighted by atomic mass is 127. The molecule has 0 amide bonds. The molecule has 1 atom stereocenters. The van der Waals surface area contributed by atoms with Crippen molar-refractivity contribution in [1.82, 2.24) is 4.37 Å². The molecule has 0 fully saturated rings. The van der Waals surface area contributed by atoms with Gasteiger partial charge in [-0.05, 0) is 65.3 Å². The van der Waals surface area contributed by atoms with Crippen molar-refractivity contribution < 1.29 is 5.11 Å². The highest BCUT2D eigenvalue weighted by Crippen LogP contribution is 2.23. The van der Waals surface area contributed by atoms with Gasteiger partial charge in [0.2, 0.25) is 0 Å². The van der Waals surface area contributed by atoms with Gasteiger partial charge in [0.25, 0.3) is 5.56 Å². The molecule has 0 saturated carbocycles. The number of aliphatic hydroxyl groups is 1. The lowest BCUT2D eigenvalue weighted by molar-refractivity contribution is 0.274. The molecule has 8 heteroatoms. The maximum Gasteiger partial charge on any atom is 0.271 e. The molecule has 0 spiro atoms. The molecule has 1 aromatic carbocycles. The summed E-state index contributed by atoms with van der Waals surface area (Å²) in [4.78, 5) is 16.0. The number of hydrogen-bond donors (Lipinski definition) is 4. The van der Waals surface area contributed by atoms with E-state index in [1.54, 1.807) is 6.92 Å². The molecule has 2 aromatic rings. The van der Waals surface area contributed by atoms with Crippen molar-refractivity contribution in [3.8, 4) is 0 Å². The van der Waals surface area contributed by atoms with Gasteiger partial charge in [0.15, 0.2) is 0 Å². The zero-order valence-corrected chi connectivity index (χ0v) is 14.2. The number of hydrogen-bond acceptors (Lipinski definition) is 5. The van der Waals surface area contributed by atoms with Gasteiger partial charge in [-0.2, -0.15) is 0 Å². The molecular formula is C13H15IN4O2S. The summed E-state index contributed by atoms with van der Waals surface area (Å²) in [5.74, 6) is 0.118. The number of H-pyrrole nitrogens is 1. The molecule has 0 aliphatic rings. The first kappa shape index (κ1) is 16.0. The molecule has 1 unspecified atom stereocenters. The molecule has 0 radical (unpaired) electrons. The second-order valence-corrected chi connectivity index (χ2v) is 6.48. The second-order valence-electron chi connectivity index (χ2n) is 4.42. The number of aliphatic hydroxyl groups excluding tert-OH is 1. The number of rotatable bonds is 5. The highest BCUT2D eigenvalue weighted by Gasteiger charge is 2.15. The molecule has 1 heterocycles. The summed E-state index contributed by atoms with van der Waals surface area (Å²) in [6.45, 7) is 1.60. The zero-order valence-electron chi connectivity index (χ0n) is 11.3. The molecule has 0 aliphatic carbocycles. The van der Waals surface area contributed by atoms with Crippen LogP contribution in [-0.2, 0) is 0 Å². The fourth-order valence-corrected chi connectivity index (χ4v) is 2.75. The van der Waals surface area contributed by atoms with Crippen molar-refractivity contribution in [2.75, 3.05) is 11.9 Å². The molecule has 1 aromatic heterocycles. The van der Waals surface area contributed by atoms with Crippen LogP contribution in [0.2, 0.25) is 0 Å². The van der Waals surface area contributed by atoms with Crippen LogP contribution in [0.1, 0.15) is 12.5 Å². The molecule has 0 aliphatic heterocycles. The van der Waals surface area contributed by atoms with Crippen LogP contribution in [0.5, 0.6) is 0 Å². The quantitative estimate of drug-likeness (QED) is 0.338. The van der Waals surface area contributed by atoms with E-state index in [0.29, 0.717) is 10.6 Å². The van der Waals surface area contributed by atoms with Crippen molar-refractivity contribution in [3.63, 3.8) is 0 Å². The molecule has 112 valence electrons. The average molecular weight is 418 g/mol. The number of aromatic amines is 1. The van der Waals surface area contributed by atoms with Crippen LogP contribution in [0.3, 0.4) is 0 Å². The number of aliphatic imine (C=N–C) groups is 1. The Morgan fingerprint density at radius 1 is 1.52 bits per heavy atom. The van der Waals surface area contributed by atoms with Crippen LogP contribution in [0.15, 0.2) is 34.1 Å². The topological polar surface area (TPSA) is 104 Å². The van der Waals surface area contributed by atoms with Crippen LogP contribution < -0.4 is 16.6 Å². The third kappa shape index (κ3) is 4.05. The predicted molar refractivity (Wildman–Crippen MR) is 94.7 cm³/mol. The minimum Gasteiger partial charge on any atom is -0.394 e. The van der Waals surface area contributed by atoms with Crippen molar-refractivity contribution in [3.05, 3.63) is 43.8 Å². The maximum absolute atomic E-state index is 11.9. The summed E-state index contributed by atoms with van der Waals surface area (Å²) < 4.78 is 3.76. The number of nitrogens with one attached hydrogen (secondary N) is 2. The Labute approximate surface area is 139 Å². The smallest absolute Gasteiger partial charge is 0.271 e. The van der Waals surface area contributed by atoms with Crippen molar-refractivity contribution in [2.24, 2.45) is 10.7 Å². The summed E-state index contributed by atoms with van der Waals surface area (Å²) in [6.07, 6.45) is 0. The van der Waals surface area contributed by atoms with Crippen molar-refractivity contribution in [2.45, 2.75) is 13.0 Å². The monoisotopic (exact) mass is 418 g/mol. The summed E-state index contributed by atoms with van der Waals surface area (Å²) in [7, 11) is 0. The van der Waals surface area contributed by atoms with Crippen LogP contribution >= 0.6 is 34.1 Å². The fourth-order valence-electron chi connectivity index (χ4n) is 1.63. The van der Waals surface area contributed by atoms with E-state index in [2.05, 4.69) is 37.3 Å². The van der Waals surface area contributed by atoms with E-state index in [-0.39, 0.29) is 24.0 Å². The van der Waals surface area contributed by atoms with E-state index >= 15 is 0 Å². The van der Waals surface area contributed by atoms with Gasteiger partial charge in [-0.15, -0.1) is 0 Å². The highest BCUT2D eigenvalue weighted by molar-refractivity contribution is 14.1. The number of nitrogens with two attached hydrogens (primary N) is 1. The molecule has 5 N–H and O–H groups in total. The zero-order chi connectivity index (χ0) is 15.4. The maximum atomic E-state index is 11.9. The molecule has 2 rings (SSSR count). The number of aromatic nitrogens is 1. The molecule has 0 bridgehead atoms. The lowest BCUT2D eigenvalue weighted by atomic mass is 10.2. The summed E-state index contributed by atoms with van der Waals surface area (Å²) in [5, 5.41) is 12.8. The van der Waals surface area contributed by atoms with Gasteiger partial charge in [0.1, 0.15) is 16.4 Å². The first-order valence-corrected chi connectivity index (χ1v) is 8.09. The minimum absolute atomic E-state index is 0.118. The van der Waals surface area contributed by atoms with Gasteiger partial charge >= 0.3 is 0 Å². The summed E-state index contributed by atoms with van der Waals surface area (Å²) >= 11 is 3.39. The third-order valence-corrected chi connectivity index (χ3v) is 4.20. The fraction of sp³-hybridized carbons (Fsp3) is 0.231. The molecular weight excluding hydrogens is 403 g/mol. The minimum atomic E-state index is -0.351. The number of nitrogens with zero attached hydrogens (tertiary/aromatic N) is 1. The Morgan fingerprint density at radius 3 is 2.81 bits per heavy atom. The third-order valence-electron chi connectivity index (χ3n) is 2.68. The Kier molecular flexibility index (Phi) is 5.37. The van der Waals surface area contributed by atoms with Crippen molar-refractivity contribution in [1.29, 1.82) is 0 Å². The normalized spacial score (nSPS) is 13.2. The van der Waals surface area contributed by atoms with Crippen LogP contribution in [-0.4, -0.2) is 28.0 Å². The average Bonchev–Trinajstić information content (AvgIpc) is 2.82. The predicted octanol–water partition coefficient (Wildman–Crippen LogP) is 1.87. The van der Waals surface area contributed by atoms with E-state index in [0.717, 1.165) is 20.8 Å². The van der Waals surface area contributed by atoms with Gasteiger partial charge in [-0.3, -0.25) is 14.2 Å². The van der Waals surface area contributed by atoms with Gasteiger partial charge in [0, 0.05) is 9.26 Å². The first-order valence-electron chi connectivity index (χ1n) is 6.20. The van der Waals surface area contributed by atoms with E-state index in [9.17, 15) is 4.79 Å². The largest absolute Gasteiger partial charge is 0.394 e. The van der Waals surface area contributed by atoms with E-state index in [1.165, 1.54) is 0 Å². The number of anilines is 2. The number of benzene rings is 1. The SMILES string of the molecule is CC(CO)N=C(N)c1c(Nc2ccc(I)cc2)s[nH]c1=O. The molecule has 0 saturated heterocycles. The number of halogens is 1. The van der Waals surface area contributed by atoms with Crippen LogP contribution in [0, 0.1) is 3.57 Å². The lowest BCUT2D eigenvalue weighted by Gasteiger charge is -2.07.